The van der Waals surface area contributed by atoms with Crippen LogP contribution in [0.15, 0.2) is 53.7 Å². The SMILES string of the molecule is Cc1cnc(N(C)C)c(C2(C(=O)NS(=O)(=O)c3cccc4ncccc34)CC2)c1. The molecule has 150 valence electrons. The average molecular weight is 410 g/mol. The summed E-state index contributed by atoms with van der Waals surface area (Å²) in [6.07, 6.45) is 4.51. The van der Waals surface area contributed by atoms with Gasteiger partial charge in [0.2, 0.25) is 5.91 Å². The molecule has 3 aromatic rings. The molecule has 0 spiro atoms. The molecule has 1 aromatic carbocycles. The Bertz CT molecular complexity index is 1210. The van der Waals surface area contributed by atoms with E-state index < -0.39 is 21.3 Å². The zero-order valence-corrected chi connectivity index (χ0v) is 17.3. The Kier molecular flexibility index (Phi) is 4.53. The van der Waals surface area contributed by atoms with E-state index in [4.69, 9.17) is 0 Å². The topological polar surface area (TPSA) is 92.3 Å². The van der Waals surface area contributed by atoms with Gasteiger partial charge in [-0.15, -0.1) is 0 Å². The minimum Gasteiger partial charge on any atom is -0.362 e. The van der Waals surface area contributed by atoms with E-state index in [1.807, 2.05) is 32.0 Å². The maximum atomic E-state index is 13.2. The molecule has 1 N–H and O–H groups in total. The molecule has 1 amide bonds. The molecule has 0 atom stereocenters. The number of benzene rings is 1. The van der Waals surface area contributed by atoms with Gasteiger partial charge in [-0.05, 0) is 55.7 Å². The first-order valence-electron chi connectivity index (χ1n) is 9.30. The van der Waals surface area contributed by atoms with Crippen molar-refractivity contribution in [2.75, 3.05) is 19.0 Å². The maximum absolute atomic E-state index is 13.2. The molecule has 8 heteroatoms. The lowest BCUT2D eigenvalue weighted by molar-refractivity contribution is -0.121. The van der Waals surface area contributed by atoms with E-state index >= 15 is 0 Å². The van der Waals surface area contributed by atoms with Gasteiger partial charge in [0.25, 0.3) is 10.0 Å². The zero-order valence-electron chi connectivity index (χ0n) is 16.5. The Morgan fingerprint density at radius 3 is 2.59 bits per heavy atom. The third-order valence-corrected chi connectivity index (χ3v) is 6.64. The number of sulfonamides is 1. The van der Waals surface area contributed by atoms with Crippen LogP contribution in [0.5, 0.6) is 0 Å². The minimum absolute atomic E-state index is 0.0439. The number of carbonyl (C=O) groups is 1. The van der Waals surface area contributed by atoms with E-state index in [0.717, 1.165) is 11.1 Å². The number of nitrogens with one attached hydrogen (secondary N) is 1. The van der Waals surface area contributed by atoms with Crippen LogP contribution >= 0.6 is 0 Å². The van der Waals surface area contributed by atoms with E-state index in [0.29, 0.717) is 29.6 Å². The summed E-state index contributed by atoms with van der Waals surface area (Å²) in [5, 5.41) is 0.478. The van der Waals surface area contributed by atoms with Gasteiger partial charge in [-0.2, -0.15) is 0 Å². The minimum atomic E-state index is -4.05. The lowest BCUT2D eigenvalue weighted by Gasteiger charge is -2.23. The van der Waals surface area contributed by atoms with Crippen molar-refractivity contribution in [1.29, 1.82) is 0 Å². The van der Waals surface area contributed by atoms with Gasteiger partial charge in [-0.25, -0.2) is 18.1 Å². The van der Waals surface area contributed by atoms with Gasteiger partial charge in [-0.1, -0.05) is 6.07 Å². The molecule has 1 saturated carbocycles. The zero-order chi connectivity index (χ0) is 20.8. The number of fused-ring (bicyclic) bond motifs is 1. The molecular formula is C21H22N4O3S. The lowest BCUT2D eigenvalue weighted by Crippen LogP contribution is -2.39. The Morgan fingerprint density at radius 2 is 1.90 bits per heavy atom. The number of pyridine rings is 2. The second-order valence-corrected chi connectivity index (χ2v) is 9.27. The van der Waals surface area contributed by atoms with E-state index in [1.54, 1.807) is 36.7 Å². The van der Waals surface area contributed by atoms with Gasteiger partial charge in [-0.3, -0.25) is 9.78 Å². The fourth-order valence-corrected chi connectivity index (χ4v) is 4.87. The molecule has 1 aliphatic carbocycles. The smallest absolute Gasteiger partial charge is 0.264 e. The molecule has 0 radical (unpaired) electrons. The molecule has 0 bridgehead atoms. The van der Waals surface area contributed by atoms with Crippen LogP contribution < -0.4 is 9.62 Å². The molecule has 2 aromatic heterocycles. The molecule has 1 aliphatic rings. The summed E-state index contributed by atoms with van der Waals surface area (Å²) in [7, 11) is -0.342. The van der Waals surface area contributed by atoms with Gasteiger partial charge in [0.05, 0.1) is 15.8 Å². The summed E-state index contributed by atoms with van der Waals surface area (Å²) in [4.78, 5) is 23.7. The molecule has 29 heavy (non-hydrogen) atoms. The highest BCUT2D eigenvalue weighted by atomic mass is 32.2. The van der Waals surface area contributed by atoms with Crippen molar-refractivity contribution >= 4 is 32.7 Å². The highest BCUT2D eigenvalue weighted by Crippen LogP contribution is 2.51. The number of aromatic nitrogens is 2. The summed E-state index contributed by atoms with van der Waals surface area (Å²) >= 11 is 0. The van der Waals surface area contributed by atoms with Crippen molar-refractivity contribution in [1.82, 2.24) is 14.7 Å². The fourth-order valence-electron chi connectivity index (χ4n) is 3.60. The Labute approximate surface area is 169 Å². The second-order valence-electron chi connectivity index (χ2n) is 7.62. The van der Waals surface area contributed by atoms with Gasteiger partial charge in [0, 0.05) is 37.4 Å². The number of hydrogen-bond donors (Lipinski definition) is 1. The van der Waals surface area contributed by atoms with Crippen LogP contribution in [-0.4, -0.2) is 38.4 Å². The first kappa shape index (κ1) is 19.3. The highest BCUT2D eigenvalue weighted by molar-refractivity contribution is 7.90. The average Bonchev–Trinajstić information content (AvgIpc) is 3.49. The van der Waals surface area contributed by atoms with Crippen LogP contribution in [0.1, 0.15) is 24.0 Å². The fraction of sp³-hybridized carbons (Fsp3) is 0.286. The number of rotatable bonds is 5. The monoisotopic (exact) mass is 410 g/mol. The number of amides is 1. The van der Waals surface area contributed by atoms with Crippen molar-refractivity contribution in [3.63, 3.8) is 0 Å². The van der Waals surface area contributed by atoms with Gasteiger partial charge >= 0.3 is 0 Å². The first-order valence-corrected chi connectivity index (χ1v) is 10.8. The lowest BCUT2D eigenvalue weighted by atomic mass is 9.94. The van der Waals surface area contributed by atoms with E-state index in [9.17, 15) is 13.2 Å². The number of nitrogens with zero attached hydrogens (tertiary/aromatic N) is 3. The van der Waals surface area contributed by atoms with Crippen molar-refractivity contribution in [3.8, 4) is 0 Å². The van der Waals surface area contributed by atoms with Crippen LogP contribution in [-0.2, 0) is 20.2 Å². The second kappa shape index (κ2) is 6.81. The van der Waals surface area contributed by atoms with E-state index in [1.165, 1.54) is 6.07 Å². The summed E-state index contributed by atoms with van der Waals surface area (Å²) in [6.45, 7) is 1.91. The van der Waals surface area contributed by atoms with Crippen molar-refractivity contribution < 1.29 is 13.2 Å². The van der Waals surface area contributed by atoms with E-state index in [2.05, 4.69) is 14.7 Å². The number of hydrogen-bond acceptors (Lipinski definition) is 6. The molecule has 4 rings (SSSR count). The van der Waals surface area contributed by atoms with Gasteiger partial charge < -0.3 is 4.90 Å². The number of aryl methyl sites for hydroxylation is 1. The van der Waals surface area contributed by atoms with Crippen LogP contribution in [0.3, 0.4) is 0 Å². The van der Waals surface area contributed by atoms with Crippen LogP contribution in [0.2, 0.25) is 0 Å². The number of carbonyl (C=O) groups excluding carboxylic acids is 1. The molecule has 2 heterocycles. The largest absolute Gasteiger partial charge is 0.362 e. The Morgan fingerprint density at radius 1 is 1.14 bits per heavy atom. The molecule has 0 unspecified atom stereocenters. The normalized spacial score (nSPS) is 15.1. The molecule has 0 aliphatic heterocycles. The third-order valence-electron chi connectivity index (χ3n) is 5.25. The van der Waals surface area contributed by atoms with Crippen LogP contribution in [0.4, 0.5) is 5.82 Å². The summed E-state index contributed by atoms with van der Waals surface area (Å²) in [6, 6.07) is 10.1. The molecule has 7 nitrogen and oxygen atoms in total. The highest BCUT2D eigenvalue weighted by Gasteiger charge is 2.54. The summed E-state index contributed by atoms with van der Waals surface area (Å²) in [5.74, 6) is 0.156. The predicted octanol–water partition coefficient (Wildman–Crippen LogP) is 2.54. The van der Waals surface area contributed by atoms with Crippen molar-refractivity contribution in [3.05, 3.63) is 59.9 Å². The Balaban J connectivity index is 1.72. The van der Waals surface area contributed by atoms with Crippen molar-refractivity contribution in [2.24, 2.45) is 0 Å². The first-order chi connectivity index (χ1) is 13.7. The van der Waals surface area contributed by atoms with Gasteiger partial charge in [0.15, 0.2) is 0 Å². The van der Waals surface area contributed by atoms with Crippen molar-refractivity contribution in [2.45, 2.75) is 30.1 Å². The maximum Gasteiger partial charge on any atom is 0.264 e. The summed E-state index contributed by atoms with van der Waals surface area (Å²) in [5.41, 5.74) is 1.36. The van der Waals surface area contributed by atoms with Crippen LogP contribution in [0, 0.1) is 6.92 Å². The third kappa shape index (κ3) is 3.33. The summed E-state index contributed by atoms with van der Waals surface area (Å²) < 4.78 is 28.4. The molecule has 0 saturated heterocycles. The number of anilines is 1. The predicted molar refractivity (Wildman–Crippen MR) is 111 cm³/mol. The standard InChI is InChI=1S/C21H22N4O3S/c1-14-12-16(19(23-13-14)25(2)3)21(9-10-21)20(26)24-29(27,28)18-8-4-7-17-15(18)6-5-11-22-17/h4-8,11-13H,9-10H2,1-3H3,(H,24,26). The van der Waals surface area contributed by atoms with Crippen LogP contribution in [0.25, 0.3) is 10.9 Å². The molecule has 1 fully saturated rings. The Hall–Kier alpha value is -3.00. The van der Waals surface area contributed by atoms with E-state index in [-0.39, 0.29) is 4.90 Å². The van der Waals surface area contributed by atoms with Gasteiger partial charge in [0.1, 0.15) is 5.82 Å². The molecular weight excluding hydrogens is 388 g/mol. The quantitative estimate of drug-likeness (QED) is 0.695.